The predicted molar refractivity (Wildman–Crippen MR) is 108 cm³/mol. The van der Waals surface area contributed by atoms with E-state index >= 15 is 0 Å². The van der Waals surface area contributed by atoms with Crippen LogP contribution in [-0.4, -0.2) is 72.7 Å². The predicted octanol–water partition coefficient (Wildman–Crippen LogP) is 2.49. The van der Waals surface area contributed by atoms with Gasteiger partial charge in [0.25, 0.3) is 0 Å². The van der Waals surface area contributed by atoms with Crippen molar-refractivity contribution < 1.29 is 14.3 Å². The molecule has 6 nitrogen and oxygen atoms in total. The van der Waals surface area contributed by atoms with Crippen LogP contribution in [0.5, 0.6) is 11.5 Å². The van der Waals surface area contributed by atoms with Gasteiger partial charge in [0.05, 0.1) is 0 Å². The Kier molecular flexibility index (Phi) is 6.17. The molecule has 3 aliphatic heterocycles. The van der Waals surface area contributed by atoms with E-state index in [0.717, 1.165) is 63.7 Å². The summed E-state index contributed by atoms with van der Waals surface area (Å²) in [6.45, 7) is 9.33. The zero-order chi connectivity index (χ0) is 19.3. The van der Waals surface area contributed by atoms with E-state index in [4.69, 9.17) is 9.47 Å². The number of carbonyl (C=O) groups is 1. The summed E-state index contributed by atoms with van der Waals surface area (Å²) in [6.07, 6.45) is 6.77. The highest BCUT2D eigenvalue weighted by atomic mass is 16.7. The van der Waals surface area contributed by atoms with Gasteiger partial charge in [-0.2, -0.15) is 0 Å². The summed E-state index contributed by atoms with van der Waals surface area (Å²) in [7, 11) is 0. The number of ether oxygens (including phenoxy) is 2. The number of hydrogen-bond acceptors (Lipinski definition) is 5. The van der Waals surface area contributed by atoms with Crippen LogP contribution >= 0.6 is 0 Å². The molecule has 28 heavy (non-hydrogen) atoms. The highest BCUT2D eigenvalue weighted by Gasteiger charge is 2.29. The second-order valence-electron chi connectivity index (χ2n) is 7.91. The van der Waals surface area contributed by atoms with Crippen LogP contribution in [0.25, 0.3) is 0 Å². The topological polar surface area (TPSA) is 45.3 Å². The lowest BCUT2D eigenvalue weighted by atomic mass is 10.0. The number of carbonyl (C=O) groups excluding carboxylic acids is 1. The molecule has 0 radical (unpaired) electrons. The summed E-state index contributed by atoms with van der Waals surface area (Å²) in [5.41, 5.74) is 1.27. The quantitative estimate of drug-likeness (QED) is 0.729. The van der Waals surface area contributed by atoms with Gasteiger partial charge in [-0.15, -0.1) is 0 Å². The van der Waals surface area contributed by atoms with Gasteiger partial charge in [0.2, 0.25) is 12.7 Å². The lowest BCUT2D eigenvalue weighted by Crippen LogP contribution is -2.55. The molecule has 0 unspecified atom stereocenters. The number of benzene rings is 1. The second kappa shape index (κ2) is 8.97. The van der Waals surface area contributed by atoms with E-state index in [0.29, 0.717) is 19.3 Å². The van der Waals surface area contributed by atoms with Gasteiger partial charge >= 0.3 is 0 Å². The monoisotopic (exact) mass is 385 g/mol. The van der Waals surface area contributed by atoms with Crippen molar-refractivity contribution in [1.29, 1.82) is 0 Å². The van der Waals surface area contributed by atoms with Crippen molar-refractivity contribution in [2.75, 3.05) is 46.1 Å². The van der Waals surface area contributed by atoms with E-state index in [1.807, 2.05) is 25.1 Å². The smallest absolute Gasteiger partial charge is 0.231 e. The lowest BCUT2D eigenvalue weighted by Gasteiger charge is -2.43. The van der Waals surface area contributed by atoms with E-state index in [2.05, 4.69) is 26.8 Å². The van der Waals surface area contributed by atoms with Crippen LogP contribution in [0.15, 0.2) is 30.4 Å². The SMILES string of the molecule is C/C=C/CC(=O)N1CCC[C@@H](N2CCN(Cc3ccc4c(c3)OCO4)CC2)C1. The molecule has 0 N–H and O–H groups in total. The van der Waals surface area contributed by atoms with Gasteiger partial charge in [-0.05, 0) is 37.5 Å². The molecule has 0 bridgehead atoms. The second-order valence-corrected chi connectivity index (χ2v) is 7.91. The first-order valence-corrected chi connectivity index (χ1v) is 10.5. The minimum atomic E-state index is 0.268. The molecule has 0 aliphatic carbocycles. The van der Waals surface area contributed by atoms with Crippen molar-refractivity contribution in [3.05, 3.63) is 35.9 Å². The molecule has 1 atom stereocenters. The van der Waals surface area contributed by atoms with Gasteiger partial charge in [-0.1, -0.05) is 18.2 Å². The summed E-state index contributed by atoms with van der Waals surface area (Å²) in [5.74, 6) is 1.98. The van der Waals surface area contributed by atoms with Gasteiger partial charge in [0.1, 0.15) is 0 Å². The maximum absolute atomic E-state index is 12.4. The Morgan fingerprint density at radius 1 is 1.14 bits per heavy atom. The van der Waals surface area contributed by atoms with Crippen LogP contribution in [0, 0.1) is 0 Å². The molecule has 152 valence electrons. The molecule has 0 aromatic heterocycles. The Hall–Kier alpha value is -2.05. The van der Waals surface area contributed by atoms with E-state index in [-0.39, 0.29) is 5.91 Å². The molecule has 1 aromatic carbocycles. The van der Waals surface area contributed by atoms with E-state index in [1.54, 1.807) is 0 Å². The lowest BCUT2D eigenvalue weighted by molar-refractivity contribution is -0.132. The van der Waals surface area contributed by atoms with Gasteiger partial charge in [0, 0.05) is 58.3 Å². The van der Waals surface area contributed by atoms with Crippen molar-refractivity contribution in [1.82, 2.24) is 14.7 Å². The molecule has 1 aromatic rings. The highest BCUT2D eigenvalue weighted by molar-refractivity contribution is 5.77. The van der Waals surface area contributed by atoms with E-state index in [1.165, 1.54) is 12.0 Å². The number of piperidine rings is 1. The number of amides is 1. The minimum absolute atomic E-state index is 0.268. The van der Waals surface area contributed by atoms with E-state index in [9.17, 15) is 4.79 Å². The van der Waals surface area contributed by atoms with Crippen LogP contribution in [0.3, 0.4) is 0 Å². The first-order valence-electron chi connectivity index (χ1n) is 10.5. The van der Waals surface area contributed by atoms with Crippen LogP contribution in [0.1, 0.15) is 31.7 Å². The first kappa shape index (κ1) is 19.3. The molecular formula is C22H31N3O3. The van der Waals surface area contributed by atoms with Gasteiger partial charge in [0.15, 0.2) is 11.5 Å². The average molecular weight is 386 g/mol. The Labute approximate surface area is 167 Å². The van der Waals surface area contributed by atoms with Gasteiger partial charge < -0.3 is 14.4 Å². The van der Waals surface area contributed by atoms with Crippen LogP contribution in [0.4, 0.5) is 0 Å². The summed E-state index contributed by atoms with van der Waals surface area (Å²) < 4.78 is 10.9. The largest absolute Gasteiger partial charge is 0.454 e. The summed E-state index contributed by atoms with van der Waals surface area (Å²) in [4.78, 5) is 19.5. The van der Waals surface area contributed by atoms with Crippen molar-refractivity contribution in [2.24, 2.45) is 0 Å². The van der Waals surface area contributed by atoms with Crippen LogP contribution in [-0.2, 0) is 11.3 Å². The third-order valence-corrected chi connectivity index (χ3v) is 6.04. The maximum Gasteiger partial charge on any atom is 0.231 e. The summed E-state index contributed by atoms with van der Waals surface area (Å²) in [6, 6.07) is 6.75. The Balaban J connectivity index is 1.26. The maximum atomic E-state index is 12.4. The average Bonchev–Trinajstić information content (AvgIpc) is 3.20. The Morgan fingerprint density at radius 2 is 1.96 bits per heavy atom. The standard InChI is InChI=1S/C22H31N3O3/c1-2-3-6-22(26)25-9-4-5-19(16-25)24-12-10-23(11-13-24)15-18-7-8-20-21(14-18)28-17-27-20/h2-3,7-8,14,19H,4-6,9-13,15-17H2,1H3/b3-2+/t19-/m1/s1. The zero-order valence-corrected chi connectivity index (χ0v) is 16.8. The van der Waals surface area contributed by atoms with Gasteiger partial charge in [-0.3, -0.25) is 14.6 Å². The molecule has 1 amide bonds. The minimum Gasteiger partial charge on any atom is -0.454 e. The fourth-order valence-electron chi connectivity index (χ4n) is 4.41. The number of likely N-dealkylation sites (tertiary alicyclic amines) is 1. The third kappa shape index (κ3) is 4.50. The number of hydrogen-bond donors (Lipinski definition) is 0. The fraction of sp³-hybridized carbons (Fsp3) is 0.591. The molecule has 2 fully saturated rings. The zero-order valence-electron chi connectivity index (χ0n) is 16.8. The number of fused-ring (bicyclic) bond motifs is 1. The summed E-state index contributed by atoms with van der Waals surface area (Å²) >= 11 is 0. The summed E-state index contributed by atoms with van der Waals surface area (Å²) in [5, 5.41) is 0. The molecule has 3 aliphatic rings. The Bertz CT molecular complexity index is 713. The molecule has 6 heteroatoms. The van der Waals surface area contributed by atoms with Crippen LogP contribution in [0.2, 0.25) is 0 Å². The van der Waals surface area contributed by atoms with Crippen molar-refractivity contribution in [3.63, 3.8) is 0 Å². The number of allylic oxidation sites excluding steroid dienone is 1. The molecule has 3 heterocycles. The first-order chi connectivity index (χ1) is 13.7. The normalized spacial score (nSPS) is 23.5. The van der Waals surface area contributed by atoms with Crippen molar-refractivity contribution in [3.8, 4) is 11.5 Å². The highest BCUT2D eigenvalue weighted by Crippen LogP contribution is 2.33. The van der Waals surface area contributed by atoms with E-state index < -0.39 is 0 Å². The number of piperazine rings is 1. The van der Waals surface area contributed by atoms with Crippen molar-refractivity contribution in [2.45, 2.75) is 38.8 Å². The third-order valence-electron chi connectivity index (χ3n) is 6.04. The fourth-order valence-corrected chi connectivity index (χ4v) is 4.41. The molecular weight excluding hydrogens is 354 g/mol. The van der Waals surface area contributed by atoms with Crippen molar-refractivity contribution >= 4 is 5.91 Å². The number of rotatable bonds is 5. The number of nitrogens with zero attached hydrogens (tertiary/aromatic N) is 3. The molecule has 0 spiro atoms. The Morgan fingerprint density at radius 3 is 2.79 bits per heavy atom. The van der Waals surface area contributed by atoms with Crippen LogP contribution < -0.4 is 9.47 Å². The molecule has 4 rings (SSSR count). The molecule has 2 saturated heterocycles. The molecule has 0 saturated carbocycles. The van der Waals surface area contributed by atoms with Gasteiger partial charge in [-0.25, -0.2) is 0 Å².